The number of nitrogens with zero attached hydrogens (tertiary/aromatic N) is 2. The van der Waals surface area contributed by atoms with E-state index >= 15 is 0 Å². The van der Waals surface area contributed by atoms with Gasteiger partial charge >= 0.3 is 0 Å². The van der Waals surface area contributed by atoms with Gasteiger partial charge in [-0.15, -0.1) is 0 Å². The SMILES string of the molecule is CC(C)(C)[C@H](N)c1nc(-c2cc(F)c(F)c(F)c2)no1. The van der Waals surface area contributed by atoms with Crippen LogP contribution in [0.3, 0.4) is 0 Å². The van der Waals surface area contributed by atoms with E-state index in [1.54, 1.807) is 0 Å². The first-order valence-corrected chi connectivity index (χ1v) is 5.94. The highest BCUT2D eigenvalue weighted by Gasteiger charge is 2.28. The molecule has 2 N–H and O–H groups in total. The lowest BCUT2D eigenvalue weighted by Crippen LogP contribution is -2.26. The average Bonchev–Trinajstić information content (AvgIpc) is 2.82. The van der Waals surface area contributed by atoms with E-state index in [0.717, 1.165) is 12.1 Å². The molecule has 0 spiro atoms. The van der Waals surface area contributed by atoms with Gasteiger partial charge in [0.15, 0.2) is 17.5 Å². The molecule has 1 aromatic carbocycles. The van der Waals surface area contributed by atoms with Gasteiger partial charge in [0.2, 0.25) is 11.7 Å². The molecule has 1 aromatic heterocycles. The first kappa shape index (κ1) is 14.5. The lowest BCUT2D eigenvalue weighted by Gasteiger charge is -2.23. The van der Waals surface area contributed by atoms with Gasteiger partial charge in [-0.2, -0.15) is 4.98 Å². The minimum atomic E-state index is -1.54. The molecular formula is C13H14F3N3O. The number of halogens is 3. The minimum Gasteiger partial charge on any atom is -0.337 e. The van der Waals surface area contributed by atoms with Crippen LogP contribution >= 0.6 is 0 Å². The Morgan fingerprint density at radius 2 is 1.70 bits per heavy atom. The molecule has 2 rings (SSSR count). The molecule has 0 radical (unpaired) electrons. The molecule has 0 aliphatic rings. The van der Waals surface area contributed by atoms with Crippen molar-refractivity contribution in [1.29, 1.82) is 0 Å². The lowest BCUT2D eigenvalue weighted by molar-refractivity contribution is 0.253. The quantitative estimate of drug-likeness (QED) is 0.860. The van der Waals surface area contributed by atoms with E-state index in [4.69, 9.17) is 10.3 Å². The van der Waals surface area contributed by atoms with Crippen molar-refractivity contribution >= 4 is 0 Å². The fraction of sp³-hybridized carbons (Fsp3) is 0.385. The molecule has 0 saturated carbocycles. The van der Waals surface area contributed by atoms with Crippen molar-refractivity contribution in [3.05, 3.63) is 35.5 Å². The molecule has 2 aromatic rings. The van der Waals surface area contributed by atoms with Gasteiger partial charge in [0.25, 0.3) is 0 Å². The maximum absolute atomic E-state index is 13.2. The summed E-state index contributed by atoms with van der Waals surface area (Å²) in [5.41, 5.74) is 5.61. The van der Waals surface area contributed by atoms with Gasteiger partial charge in [0, 0.05) is 5.56 Å². The van der Waals surface area contributed by atoms with Crippen LogP contribution in [0.4, 0.5) is 13.2 Å². The van der Waals surface area contributed by atoms with Crippen LogP contribution in [0.2, 0.25) is 0 Å². The maximum Gasteiger partial charge on any atom is 0.244 e. The van der Waals surface area contributed by atoms with Gasteiger partial charge < -0.3 is 10.3 Å². The zero-order valence-electron chi connectivity index (χ0n) is 11.2. The first-order valence-electron chi connectivity index (χ1n) is 5.94. The molecule has 108 valence electrons. The molecular weight excluding hydrogens is 271 g/mol. The van der Waals surface area contributed by atoms with E-state index in [2.05, 4.69) is 10.1 Å². The Bertz CT molecular complexity index is 611. The highest BCUT2D eigenvalue weighted by Crippen LogP contribution is 2.30. The van der Waals surface area contributed by atoms with E-state index in [-0.39, 0.29) is 22.7 Å². The molecule has 20 heavy (non-hydrogen) atoms. The summed E-state index contributed by atoms with van der Waals surface area (Å²) in [6.45, 7) is 5.66. The summed E-state index contributed by atoms with van der Waals surface area (Å²) < 4.78 is 44.2. The van der Waals surface area contributed by atoms with Gasteiger partial charge in [-0.1, -0.05) is 25.9 Å². The third kappa shape index (κ3) is 2.67. The molecule has 0 amide bonds. The van der Waals surface area contributed by atoms with Crippen molar-refractivity contribution in [2.45, 2.75) is 26.8 Å². The average molecular weight is 285 g/mol. The third-order valence-corrected chi connectivity index (χ3v) is 2.88. The normalized spacial score (nSPS) is 13.6. The summed E-state index contributed by atoms with van der Waals surface area (Å²) >= 11 is 0. The van der Waals surface area contributed by atoms with E-state index in [9.17, 15) is 13.2 Å². The van der Waals surface area contributed by atoms with Crippen LogP contribution in [0.25, 0.3) is 11.4 Å². The molecule has 0 aliphatic heterocycles. The second-order valence-electron chi connectivity index (χ2n) is 5.55. The van der Waals surface area contributed by atoms with Gasteiger partial charge in [-0.25, -0.2) is 13.2 Å². The zero-order chi connectivity index (χ0) is 15.1. The molecule has 1 atom stereocenters. The molecule has 1 heterocycles. The number of aromatic nitrogens is 2. The first-order chi connectivity index (χ1) is 9.20. The van der Waals surface area contributed by atoms with Crippen molar-refractivity contribution in [2.24, 2.45) is 11.1 Å². The zero-order valence-corrected chi connectivity index (χ0v) is 11.2. The highest BCUT2D eigenvalue weighted by molar-refractivity contribution is 5.54. The highest BCUT2D eigenvalue weighted by atomic mass is 19.2. The van der Waals surface area contributed by atoms with Gasteiger partial charge in [0.1, 0.15) is 0 Å². The van der Waals surface area contributed by atoms with Gasteiger partial charge in [-0.05, 0) is 17.5 Å². The molecule has 0 bridgehead atoms. The van der Waals surface area contributed by atoms with Crippen LogP contribution < -0.4 is 5.73 Å². The van der Waals surface area contributed by atoms with Gasteiger partial charge in [-0.3, -0.25) is 0 Å². The summed E-state index contributed by atoms with van der Waals surface area (Å²) in [7, 11) is 0. The molecule has 0 saturated heterocycles. The van der Waals surface area contributed by atoms with Crippen molar-refractivity contribution in [3.8, 4) is 11.4 Å². The Morgan fingerprint density at radius 1 is 1.15 bits per heavy atom. The monoisotopic (exact) mass is 285 g/mol. The van der Waals surface area contributed by atoms with Crippen molar-refractivity contribution in [2.75, 3.05) is 0 Å². The van der Waals surface area contributed by atoms with Crippen LogP contribution in [0.1, 0.15) is 32.7 Å². The number of benzene rings is 1. The summed E-state index contributed by atoms with van der Waals surface area (Å²) in [4.78, 5) is 4.00. The Morgan fingerprint density at radius 3 is 2.20 bits per heavy atom. The minimum absolute atomic E-state index is 0.0162. The van der Waals surface area contributed by atoms with Crippen LogP contribution in [0, 0.1) is 22.9 Å². The van der Waals surface area contributed by atoms with Crippen molar-refractivity contribution < 1.29 is 17.7 Å². The van der Waals surface area contributed by atoms with E-state index in [1.165, 1.54) is 0 Å². The van der Waals surface area contributed by atoms with E-state index < -0.39 is 23.5 Å². The van der Waals surface area contributed by atoms with Crippen LogP contribution in [-0.2, 0) is 0 Å². The smallest absolute Gasteiger partial charge is 0.244 e. The predicted octanol–water partition coefficient (Wildman–Crippen LogP) is 3.20. The maximum atomic E-state index is 13.2. The van der Waals surface area contributed by atoms with Crippen molar-refractivity contribution in [3.63, 3.8) is 0 Å². The second-order valence-corrected chi connectivity index (χ2v) is 5.55. The van der Waals surface area contributed by atoms with Gasteiger partial charge in [0.05, 0.1) is 6.04 Å². The fourth-order valence-electron chi connectivity index (χ4n) is 1.53. The third-order valence-electron chi connectivity index (χ3n) is 2.88. The lowest BCUT2D eigenvalue weighted by atomic mass is 9.87. The fourth-order valence-corrected chi connectivity index (χ4v) is 1.53. The predicted molar refractivity (Wildman–Crippen MR) is 66.0 cm³/mol. The molecule has 4 nitrogen and oxygen atoms in total. The van der Waals surface area contributed by atoms with Crippen LogP contribution in [-0.4, -0.2) is 10.1 Å². The Balaban J connectivity index is 2.39. The summed E-state index contributed by atoms with van der Waals surface area (Å²) in [6, 6.07) is 1.07. The molecule has 7 heteroatoms. The standard InChI is InChI=1S/C13H14F3N3O/c1-13(2,3)10(17)12-18-11(19-20-12)6-4-7(14)9(16)8(15)5-6/h4-5,10H,17H2,1-3H3/t10-/m1/s1. The topological polar surface area (TPSA) is 64.9 Å². The molecule has 0 aliphatic carbocycles. The summed E-state index contributed by atoms with van der Waals surface area (Å²) in [6.07, 6.45) is 0. The van der Waals surface area contributed by atoms with E-state index in [0.29, 0.717) is 0 Å². The number of rotatable bonds is 2. The summed E-state index contributed by atoms with van der Waals surface area (Å²) in [5, 5.41) is 3.61. The van der Waals surface area contributed by atoms with E-state index in [1.807, 2.05) is 20.8 Å². The summed E-state index contributed by atoms with van der Waals surface area (Å²) in [5.74, 6) is -4.06. The molecule has 0 unspecified atom stereocenters. The molecule has 0 fully saturated rings. The second kappa shape index (κ2) is 4.90. The van der Waals surface area contributed by atoms with Crippen molar-refractivity contribution in [1.82, 2.24) is 10.1 Å². The number of nitrogens with two attached hydrogens (primary N) is 1. The van der Waals surface area contributed by atoms with Crippen LogP contribution in [0.5, 0.6) is 0 Å². The largest absolute Gasteiger partial charge is 0.337 e. The Hall–Kier alpha value is -1.89. The number of hydrogen-bond donors (Lipinski definition) is 1. The Labute approximate surface area is 113 Å². The number of hydrogen-bond acceptors (Lipinski definition) is 4. The Kier molecular flexibility index (Phi) is 3.56. The van der Waals surface area contributed by atoms with Crippen LogP contribution in [0.15, 0.2) is 16.7 Å².